The maximum atomic E-state index is 12.7. The molecule has 2 aromatic heterocycles. The first kappa shape index (κ1) is 22.0. The molecule has 1 spiro atoms. The van der Waals surface area contributed by atoms with E-state index in [2.05, 4.69) is 35.0 Å². The number of nitrogens with one attached hydrogen (secondary N) is 1. The van der Waals surface area contributed by atoms with Crippen LogP contribution in [0.2, 0.25) is 0 Å². The predicted octanol–water partition coefficient (Wildman–Crippen LogP) is 4.00. The van der Waals surface area contributed by atoms with Crippen LogP contribution >= 0.6 is 11.3 Å². The molecule has 0 aromatic carbocycles. The van der Waals surface area contributed by atoms with E-state index in [9.17, 15) is 13.6 Å². The van der Waals surface area contributed by atoms with Gasteiger partial charge in [-0.15, -0.1) is 11.3 Å². The fraction of sp³-hybridized carbons (Fsp3) is 0.652. The van der Waals surface area contributed by atoms with Crippen molar-refractivity contribution in [2.75, 3.05) is 32.8 Å². The van der Waals surface area contributed by atoms with E-state index in [0.29, 0.717) is 25.0 Å². The normalized spacial score (nSPS) is 26.5. The van der Waals surface area contributed by atoms with E-state index in [1.165, 1.54) is 15.3 Å². The smallest absolute Gasteiger partial charge is 0.279 e. The number of rotatable bonds is 5. The largest absolute Gasteiger partial charge is 0.370 e. The molecule has 0 bridgehead atoms. The minimum Gasteiger partial charge on any atom is -0.370 e. The molecule has 2 aromatic rings. The van der Waals surface area contributed by atoms with Gasteiger partial charge in [-0.2, -0.15) is 5.10 Å². The number of piperidine rings is 1. The molecule has 3 aliphatic rings. The van der Waals surface area contributed by atoms with Crippen molar-refractivity contribution < 1.29 is 18.3 Å². The maximum Gasteiger partial charge on any atom is 0.279 e. The summed E-state index contributed by atoms with van der Waals surface area (Å²) in [4.78, 5) is 19.7. The molecule has 5 rings (SSSR count). The Hall–Kier alpha value is -1.84. The molecular weight excluding hydrogens is 434 g/mol. The van der Waals surface area contributed by atoms with Gasteiger partial charge in [-0.05, 0) is 43.9 Å². The molecule has 0 radical (unpaired) electrons. The first-order valence-corrected chi connectivity index (χ1v) is 12.3. The Kier molecular flexibility index (Phi) is 5.84. The van der Waals surface area contributed by atoms with Gasteiger partial charge < -0.3 is 14.5 Å². The number of aromatic nitrogens is 2. The number of likely N-dealkylation sites (tertiary alicyclic amines) is 2. The number of amides is 1. The number of ether oxygens (including phenoxy) is 1. The molecule has 0 unspecified atom stereocenters. The number of aromatic amines is 1. The fourth-order valence-electron chi connectivity index (χ4n) is 5.45. The molecule has 2 saturated heterocycles. The summed E-state index contributed by atoms with van der Waals surface area (Å²) >= 11 is 1.95. The number of H-pyrrole nitrogens is 1. The van der Waals surface area contributed by atoms with Gasteiger partial charge in [0.15, 0.2) is 5.69 Å². The zero-order valence-electron chi connectivity index (χ0n) is 18.6. The fourth-order valence-corrected chi connectivity index (χ4v) is 6.63. The molecule has 6 nitrogen and oxygen atoms in total. The van der Waals surface area contributed by atoms with Crippen molar-refractivity contribution in [3.63, 3.8) is 0 Å². The number of carbonyl (C=O) groups is 1. The molecule has 174 valence electrons. The van der Waals surface area contributed by atoms with Crippen LogP contribution in [0.5, 0.6) is 0 Å². The van der Waals surface area contributed by atoms with Crippen LogP contribution in [0.25, 0.3) is 0 Å². The van der Waals surface area contributed by atoms with Crippen molar-refractivity contribution >= 4 is 17.2 Å². The molecule has 0 saturated carbocycles. The number of halogens is 2. The molecule has 1 N–H and O–H groups in total. The molecule has 5 heterocycles. The average Bonchev–Trinajstić information content (AvgIpc) is 3.39. The van der Waals surface area contributed by atoms with E-state index in [4.69, 9.17) is 4.74 Å². The molecule has 9 heteroatoms. The summed E-state index contributed by atoms with van der Waals surface area (Å²) in [6, 6.07) is 3.94. The van der Waals surface area contributed by atoms with Gasteiger partial charge in [0.25, 0.3) is 12.3 Å². The van der Waals surface area contributed by atoms with Crippen molar-refractivity contribution in [1.29, 1.82) is 0 Å². The molecule has 2 fully saturated rings. The van der Waals surface area contributed by atoms with Gasteiger partial charge in [0, 0.05) is 54.3 Å². The highest BCUT2D eigenvalue weighted by molar-refractivity contribution is 7.12. The van der Waals surface area contributed by atoms with Crippen LogP contribution in [0.4, 0.5) is 8.78 Å². The molecule has 32 heavy (non-hydrogen) atoms. The van der Waals surface area contributed by atoms with E-state index in [-0.39, 0.29) is 22.9 Å². The van der Waals surface area contributed by atoms with Crippen LogP contribution in [0.1, 0.15) is 64.6 Å². The van der Waals surface area contributed by atoms with Gasteiger partial charge in [-0.25, -0.2) is 8.78 Å². The maximum absolute atomic E-state index is 12.7. The van der Waals surface area contributed by atoms with Gasteiger partial charge >= 0.3 is 0 Å². The Balaban J connectivity index is 1.16. The topological polar surface area (TPSA) is 61.5 Å². The summed E-state index contributed by atoms with van der Waals surface area (Å²) in [7, 11) is 0. The lowest BCUT2D eigenvalue weighted by Crippen LogP contribution is -2.57. The second kappa shape index (κ2) is 8.50. The second-order valence-electron chi connectivity index (χ2n) is 9.38. The Labute approximate surface area is 190 Å². The highest BCUT2D eigenvalue weighted by Gasteiger charge is 2.45. The number of nitrogens with zero attached hydrogens (tertiary/aromatic N) is 3. The average molecular weight is 465 g/mol. The summed E-state index contributed by atoms with van der Waals surface area (Å²) in [5.74, 6) is 0.127. The molecule has 0 aliphatic carbocycles. The SMILES string of the molecule is CCc1cc2c(s1)CCO[C@@]21CCN(CC2CN(C(=O)c3cc(C(F)F)[nH]n3)C2)[C@@H](C)C1. The van der Waals surface area contributed by atoms with Gasteiger partial charge in [0.05, 0.1) is 12.2 Å². The molecule has 1 amide bonds. The number of alkyl halides is 2. The van der Waals surface area contributed by atoms with Gasteiger partial charge in [-0.1, -0.05) is 6.92 Å². The van der Waals surface area contributed by atoms with Crippen molar-refractivity contribution in [2.24, 2.45) is 5.92 Å². The van der Waals surface area contributed by atoms with Gasteiger partial charge in [0.2, 0.25) is 0 Å². The lowest BCUT2D eigenvalue weighted by molar-refractivity contribution is -0.114. The summed E-state index contributed by atoms with van der Waals surface area (Å²) in [6.07, 6.45) is 1.46. The van der Waals surface area contributed by atoms with Gasteiger partial charge in [0.1, 0.15) is 5.69 Å². The van der Waals surface area contributed by atoms with E-state index in [1.54, 1.807) is 4.90 Å². The predicted molar refractivity (Wildman–Crippen MR) is 118 cm³/mol. The summed E-state index contributed by atoms with van der Waals surface area (Å²) in [5.41, 5.74) is 1.04. The Morgan fingerprint density at radius 3 is 2.91 bits per heavy atom. The Bertz CT molecular complexity index is 987. The highest BCUT2D eigenvalue weighted by Crippen LogP contribution is 2.46. The van der Waals surface area contributed by atoms with Crippen LogP contribution in [-0.4, -0.2) is 64.7 Å². The minimum atomic E-state index is -2.65. The molecule has 2 atom stereocenters. The number of aryl methyl sites for hydroxylation is 1. The highest BCUT2D eigenvalue weighted by atomic mass is 32.1. The van der Waals surface area contributed by atoms with Crippen LogP contribution in [-0.2, 0) is 23.2 Å². The van der Waals surface area contributed by atoms with Crippen molar-refractivity contribution in [1.82, 2.24) is 20.0 Å². The first-order valence-electron chi connectivity index (χ1n) is 11.5. The van der Waals surface area contributed by atoms with E-state index in [0.717, 1.165) is 51.4 Å². The van der Waals surface area contributed by atoms with E-state index >= 15 is 0 Å². The number of thiophene rings is 1. The van der Waals surface area contributed by atoms with Crippen molar-refractivity contribution in [3.8, 4) is 0 Å². The zero-order chi connectivity index (χ0) is 22.5. The van der Waals surface area contributed by atoms with Crippen molar-refractivity contribution in [2.45, 2.75) is 57.6 Å². The number of hydrogen-bond donors (Lipinski definition) is 1. The van der Waals surface area contributed by atoms with Crippen molar-refractivity contribution in [3.05, 3.63) is 38.8 Å². The summed E-state index contributed by atoms with van der Waals surface area (Å²) < 4.78 is 31.9. The Morgan fingerprint density at radius 1 is 1.41 bits per heavy atom. The van der Waals surface area contributed by atoms with E-state index in [1.807, 2.05) is 11.3 Å². The standard InChI is InChI=1S/C23H30F2N4O2S/c1-3-16-8-17-20(32-16)4-7-31-23(17)5-6-28(14(2)10-23)11-15-12-29(13-15)22(30)19-9-18(21(24)25)26-27-19/h8-9,14-15,21H,3-7,10-13H2,1-2H3,(H,26,27)/t14-,23+/m0/s1. The van der Waals surface area contributed by atoms with Gasteiger partial charge in [-0.3, -0.25) is 9.89 Å². The summed E-state index contributed by atoms with van der Waals surface area (Å²) in [5, 5.41) is 5.99. The third kappa shape index (κ3) is 3.88. The second-order valence-corrected chi connectivity index (χ2v) is 10.6. The van der Waals surface area contributed by atoms with Crippen LogP contribution < -0.4 is 0 Å². The lowest BCUT2D eigenvalue weighted by Gasteiger charge is -2.49. The summed E-state index contributed by atoms with van der Waals surface area (Å²) in [6.45, 7) is 8.53. The Morgan fingerprint density at radius 2 is 2.22 bits per heavy atom. The number of hydrogen-bond acceptors (Lipinski definition) is 5. The third-order valence-corrected chi connectivity index (χ3v) is 8.59. The first-order chi connectivity index (χ1) is 15.4. The van der Waals surface area contributed by atoms with Crippen LogP contribution in [0.3, 0.4) is 0 Å². The minimum absolute atomic E-state index is 0.0690. The quantitative estimate of drug-likeness (QED) is 0.727. The number of carbonyl (C=O) groups excluding carboxylic acids is 1. The number of fused-ring (bicyclic) bond motifs is 2. The third-order valence-electron chi connectivity index (χ3n) is 7.25. The zero-order valence-corrected chi connectivity index (χ0v) is 19.4. The van der Waals surface area contributed by atoms with Crippen LogP contribution in [0, 0.1) is 5.92 Å². The lowest BCUT2D eigenvalue weighted by atomic mass is 9.79. The molecular formula is C23H30F2N4O2S. The van der Waals surface area contributed by atoms with Crippen LogP contribution in [0.15, 0.2) is 12.1 Å². The monoisotopic (exact) mass is 464 g/mol. The van der Waals surface area contributed by atoms with E-state index < -0.39 is 6.43 Å². The molecule has 3 aliphatic heterocycles.